The molecule has 0 amide bonds. The van der Waals surface area contributed by atoms with Gasteiger partial charge in [0.05, 0.1) is 5.60 Å². The molecule has 0 aromatic rings. The van der Waals surface area contributed by atoms with Gasteiger partial charge >= 0.3 is 7.05 Å². The van der Waals surface area contributed by atoms with Crippen LogP contribution in [-0.4, -0.2) is 53.3 Å². The molecule has 5 heteroatoms. The maximum atomic E-state index is 9.77. The van der Waals surface area contributed by atoms with E-state index in [9.17, 15) is 10.1 Å². The van der Waals surface area contributed by atoms with Crippen molar-refractivity contribution in [3.63, 3.8) is 0 Å². The molecule has 1 atom stereocenters. The van der Waals surface area contributed by atoms with Crippen LogP contribution in [0.1, 0.15) is 13.8 Å². The second kappa shape index (κ2) is 3.96. The molecule has 1 rings (SSSR count). The summed E-state index contributed by atoms with van der Waals surface area (Å²) in [6.07, 6.45) is 0. The lowest BCUT2D eigenvalue weighted by Crippen LogP contribution is -2.61. The van der Waals surface area contributed by atoms with Crippen molar-refractivity contribution in [3.05, 3.63) is 0 Å². The predicted octanol–water partition coefficient (Wildman–Crippen LogP) is -0.859. The van der Waals surface area contributed by atoms with Gasteiger partial charge in [0, 0.05) is 25.7 Å². The van der Waals surface area contributed by atoms with Crippen LogP contribution in [0.2, 0.25) is 6.82 Å². The molecular formula is C8H19BN2O2. The molecule has 1 heterocycles. The summed E-state index contributed by atoms with van der Waals surface area (Å²) in [7, 11) is -0.424. The smallest absolute Gasteiger partial charge is 0.376 e. The third-order valence-electron chi connectivity index (χ3n) is 2.59. The number of piperazine rings is 1. The van der Waals surface area contributed by atoms with Crippen molar-refractivity contribution in [1.82, 2.24) is 10.1 Å². The summed E-state index contributed by atoms with van der Waals surface area (Å²) in [6.45, 7) is 7.68. The summed E-state index contributed by atoms with van der Waals surface area (Å²) in [5.74, 6) is 0. The Hall–Kier alpha value is -0.0951. The van der Waals surface area contributed by atoms with E-state index in [0.717, 1.165) is 13.1 Å². The zero-order chi connectivity index (χ0) is 10.1. The van der Waals surface area contributed by atoms with Gasteiger partial charge in [-0.1, -0.05) is 0 Å². The molecule has 0 spiro atoms. The number of rotatable bonds is 2. The molecule has 0 bridgehead atoms. The quantitative estimate of drug-likeness (QED) is 0.491. The summed E-state index contributed by atoms with van der Waals surface area (Å²) in [5, 5.41) is 22.4. The zero-order valence-electron chi connectivity index (χ0n) is 8.62. The summed E-state index contributed by atoms with van der Waals surface area (Å²) in [4.78, 5) is 1.96. The van der Waals surface area contributed by atoms with Gasteiger partial charge in [0.1, 0.15) is 0 Å². The first-order chi connectivity index (χ1) is 5.91. The average molecular weight is 186 g/mol. The van der Waals surface area contributed by atoms with Gasteiger partial charge < -0.3 is 20.3 Å². The van der Waals surface area contributed by atoms with Gasteiger partial charge in [-0.2, -0.15) is 0 Å². The summed E-state index contributed by atoms with van der Waals surface area (Å²) >= 11 is 0. The van der Waals surface area contributed by atoms with Crippen LogP contribution in [0.15, 0.2) is 0 Å². The molecule has 3 N–H and O–H groups in total. The Labute approximate surface area is 80.1 Å². The van der Waals surface area contributed by atoms with Gasteiger partial charge in [-0.3, -0.25) is 0 Å². The largest absolute Gasteiger partial charge is 0.437 e. The minimum absolute atomic E-state index is 0.0378. The molecule has 76 valence electrons. The van der Waals surface area contributed by atoms with E-state index >= 15 is 0 Å². The SMILES string of the molecule is CB(O)N1CCN[C@@H](C(C)(C)O)C1. The molecule has 13 heavy (non-hydrogen) atoms. The monoisotopic (exact) mass is 186 g/mol. The van der Waals surface area contributed by atoms with E-state index in [2.05, 4.69) is 5.32 Å². The van der Waals surface area contributed by atoms with Gasteiger partial charge in [0.25, 0.3) is 0 Å². The van der Waals surface area contributed by atoms with Gasteiger partial charge in [-0.25, -0.2) is 0 Å². The highest BCUT2D eigenvalue weighted by Crippen LogP contribution is 2.13. The van der Waals surface area contributed by atoms with E-state index in [1.807, 2.05) is 4.81 Å². The van der Waals surface area contributed by atoms with E-state index in [-0.39, 0.29) is 6.04 Å². The molecule has 0 aromatic carbocycles. The highest BCUT2D eigenvalue weighted by Gasteiger charge is 2.32. The van der Waals surface area contributed by atoms with E-state index in [0.29, 0.717) is 6.54 Å². The van der Waals surface area contributed by atoms with E-state index in [1.54, 1.807) is 20.7 Å². The molecule has 0 aromatic heterocycles. The van der Waals surface area contributed by atoms with Crippen molar-refractivity contribution < 1.29 is 10.1 Å². The normalized spacial score (nSPS) is 26.1. The molecule has 0 radical (unpaired) electrons. The van der Waals surface area contributed by atoms with Crippen LogP contribution in [0.3, 0.4) is 0 Å². The summed E-state index contributed by atoms with van der Waals surface area (Å²) < 4.78 is 0. The number of nitrogens with zero attached hydrogens (tertiary/aromatic N) is 1. The molecule has 1 aliphatic rings. The molecule has 0 aliphatic carbocycles. The van der Waals surface area contributed by atoms with Crippen LogP contribution < -0.4 is 5.32 Å². The van der Waals surface area contributed by atoms with E-state index in [4.69, 9.17) is 0 Å². The van der Waals surface area contributed by atoms with Crippen LogP contribution in [0.4, 0.5) is 0 Å². The first-order valence-corrected chi connectivity index (χ1v) is 4.79. The van der Waals surface area contributed by atoms with E-state index < -0.39 is 12.7 Å². The van der Waals surface area contributed by atoms with Crippen molar-refractivity contribution in [3.8, 4) is 0 Å². The third-order valence-corrected chi connectivity index (χ3v) is 2.59. The fourth-order valence-electron chi connectivity index (χ4n) is 1.59. The minimum Gasteiger partial charge on any atom is -0.437 e. The van der Waals surface area contributed by atoms with Crippen molar-refractivity contribution in [2.75, 3.05) is 19.6 Å². The Balaban J connectivity index is 2.52. The molecule has 1 saturated heterocycles. The maximum absolute atomic E-state index is 9.77. The lowest BCUT2D eigenvalue weighted by atomic mass is 9.82. The number of hydrogen-bond acceptors (Lipinski definition) is 4. The molecule has 1 fully saturated rings. The van der Waals surface area contributed by atoms with Gasteiger partial charge in [-0.05, 0) is 20.7 Å². The van der Waals surface area contributed by atoms with Crippen molar-refractivity contribution in [2.24, 2.45) is 0 Å². The Bertz CT molecular complexity index is 170. The first kappa shape index (κ1) is 11.0. The summed E-state index contributed by atoms with van der Waals surface area (Å²) in [6, 6.07) is 0.0378. The Morgan fingerprint density at radius 3 is 2.62 bits per heavy atom. The topological polar surface area (TPSA) is 55.7 Å². The predicted molar refractivity (Wildman–Crippen MR) is 53.5 cm³/mol. The standard InChI is InChI=1S/C8H19BN2O2/c1-8(2,12)7-6-11(9(3)13)5-4-10-7/h7,10,12-13H,4-6H2,1-3H3/t7-/m1/s1. The number of hydrogen-bond donors (Lipinski definition) is 3. The lowest BCUT2D eigenvalue weighted by molar-refractivity contribution is 0.0200. The third kappa shape index (κ3) is 2.95. The minimum atomic E-state index is -0.729. The highest BCUT2D eigenvalue weighted by molar-refractivity contribution is 6.45. The molecule has 0 unspecified atom stereocenters. The second-order valence-electron chi connectivity index (χ2n) is 4.29. The van der Waals surface area contributed by atoms with Gasteiger partial charge in [0.2, 0.25) is 0 Å². The summed E-state index contributed by atoms with van der Waals surface area (Å²) in [5.41, 5.74) is -0.729. The maximum Gasteiger partial charge on any atom is 0.376 e. The Kier molecular flexibility index (Phi) is 3.35. The van der Waals surface area contributed by atoms with Gasteiger partial charge in [-0.15, -0.1) is 0 Å². The number of nitrogens with one attached hydrogen (secondary N) is 1. The van der Waals surface area contributed by atoms with Crippen LogP contribution >= 0.6 is 0 Å². The van der Waals surface area contributed by atoms with E-state index in [1.165, 1.54) is 0 Å². The van der Waals surface area contributed by atoms with Crippen LogP contribution in [-0.2, 0) is 0 Å². The molecule has 0 saturated carbocycles. The Morgan fingerprint density at radius 2 is 2.15 bits per heavy atom. The average Bonchev–Trinajstić information content (AvgIpc) is 2.03. The fourth-order valence-corrected chi connectivity index (χ4v) is 1.59. The molecule has 4 nitrogen and oxygen atoms in total. The number of aliphatic hydroxyl groups is 1. The fraction of sp³-hybridized carbons (Fsp3) is 1.00. The first-order valence-electron chi connectivity index (χ1n) is 4.79. The van der Waals surface area contributed by atoms with Crippen molar-refractivity contribution >= 4 is 7.05 Å². The molecular weight excluding hydrogens is 167 g/mol. The Morgan fingerprint density at radius 1 is 1.54 bits per heavy atom. The zero-order valence-corrected chi connectivity index (χ0v) is 8.62. The lowest BCUT2D eigenvalue weighted by Gasteiger charge is -2.40. The highest BCUT2D eigenvalue weighted by atomic mass is 16.3. The van der Waals surface area contributed by atoms with Crippen molar-refractivity contribution in [2.45, 2.75) is 32.3 Å². The van der Waals surface area contributed by atoms with Gasteiger partial charge in [0.15, 0.2) is 0 Å². The van der Waals surface area contributed by atoms with Crippen LogP contribution in [0.5, 0.6) is 0 Å². The van der Waals surface area contributed by atoms with Crippen molar-refractivity contribution in [1.29, 1.82) is 0 Å². The van der Waals surface area contributed by atoms with Crippen LogP contribution in [0.25, 0.3) is 0 Å². The second-order valence-corrected chi connectivity index (χ2v) is 4.29. The van der Waals surface area contributed by atoms with Crippen LogP contribution in [0, 0.1) is 0 Å². The molecule has 1 aliphatic heterocycles.